The third kappa shape index (κ3) is 4.61. The number of rotatable bonds is 6. The number of carbonyl (C=O) groups is 1. The number of nitrogens with one attached hydrogen (secondary N) is 1. The summed E-state index contributed by atoms with van der Waals surface area (Å²) in [7, 11) is 0. The molecule has 0 aliphatic carbocycles. The van der Waals surface area contributed by atoms with Crippen LogP contribution in [0.25, 0.3) is 10.8 Å². The molecule has 4 rings (SSSR count). The smallest absolute Gasteiger partial charge is 0.251 e. The van der Waals surface area contributed by atoms with Gasteiger partial charge in [-0.2, -0.15) is 0 Å². The van der Waals surface area contributed by atoms with E-state index in [1.165, 1.54) is 0 Å². The molecule has 3 aromatic carbocycles. The number of pyridine rings is 1. The molecule has 150 valence electrons. The van der Waals surface area contributed by atoms with Crippen LogP contribution in [0, 0.1) is 0 Å². The first-order valence-corrected chi connectivity index (χ1v) is 10.1. The van der Waals surface area contributed by atoms with Gasteiger partial charge in [-0.25, -0.2) is 0 Å². The Hall–Kier alpha value is -3.37. The van der Waals surface area contributed by atoms with Crippen LogP contribution in [-0.2, 0) is 19.4 Å². The fourth-order valence-corrected chi connectivity index (χ4v) is 3.72. The number of phenolic OH excluding ortho intramolecular Hbond substituents is 1. The number of aryl methyl sites for hydroxylation is 2. The highest BCUT2D eigenvalue weighted by Crippen LogP contribution is 2.22. The van der Waals surface area contributed by atoms with Crippen molar-refractivity contribution in [2.75, 3.05) is 0 Å². The van der Waals surface area contributed by atoms with Gasteiger partial charge >= 0.3 is 0 Å². The number of hydrogen-bond donors (Lipinski definition) is 2. The molecule has 1 aromatic heterocycles. The summed E-state index contributed by atoms with van der Waals surface area (Å²) in [6.07, 6.45) is 4.96. The van der Waals surface area contributed by atoms with E-state index in [0.717, 1.165) is 38.9 Å². The molecule has 0 unspecified atom stereocenters. The standard InChI is InChI=1S/C25H21ClN2O2/c26-24-4-2-1-3-17(24)5-6-18-14-23(29)10-9-22(18)16-28-25(30)20-7-8-21-15-27-12-11-19(21)13-20/h1-4,7-15,29H,5-6,16H2,(H,28,30). The topological polar surface area (TPSA) is 62.2 Å². The number of benzene rings is 3. The predicted molar refractivity (Wildman–Crippen MR) is 120 cm³/mol. The van der Waals surface area contributed by atoms with Crippen molar-refractivity contribution in [3.8, 4) is 5.75 Å². The van der Waals surface area contributed by atoms with Gasteiger partial charge in [0.2, 0.25) is 0 Å². The predicted octanol–water partition coefficient (Wildman–Crippen LogP) is 5.31. The molecule has 0 saturated heterocycles. The Morgan fingerprint density at radius 3 is 2.60 bits per heavy atom. The van der Waals surface area contributed by atoms with E-state index in [1.54, 1.807) is 30.6 Å². The van der Waals surface area contributed by atoms with E-state index in [0.29, 0.717) is 18.5 Å². The summed E-state index contributed by atoms with van der Waals surface area (Å²) in [4.78, 5) is 16.8. The lowest BCUT2D eigenvalue weighted by Gasteiger charge is -2.12. The number of hydrogen-bond acceptors (Lipinski definition) is 3. The molecule has 0 saturated carbocycles. The summed E-state index contributed by atoms with van der Waals surface area (Å²) >= 11 is 6.26. The van der Waals surface area contributed by atoms with Crippen LogP contribution < -0.4 is 5.32 Å². The molecule has 1 amide bonds. The molecule has 2 N–H and O–H groups in total. The van der Waals surface area contributed by atoms with E-state index in [2.05, 4.69) is 10.3 Å². The van der Waals surface area contributed by atoms with Gasteiger partial charge in [-0.05, 0) is 71.3 Å². The van der Waals surface area contributed by atoms with Gasteiger partial charge in [-0.15, -0.1) is 0 Å². The number of amides is 1. The van der Waals surface area contributed by atoms with Crippen LogP contribution >= 0.6 is 11.6 Å². The minimum atomic E-state index is -0.140. The van der Waals surface area contributed by atoms with E-state index in [-0.39, 0.29) is 11.7 Å². The zero-order chi connectivity index (χ0) is 20.9. The first-order valence-electron chi connectivity index (χ1n) is 9.76. The molecule has 0 radical (unpaired) electrons. The molecule has 0 aliphatic heterocycles. The van der Waals surface area contributed by atoms with Gasteiger partial charge in [0.05, 0.1) is 0 Å². The van der Waals surface area contributed by atoms with E-state index >= 15 is 0 Å². The molecule has 0 atom stereocenters. The highest BCUT2D eigenvalue weighted by atomic mass is 35.5. The maximum atomic E-state index is 12.7. The quantitative estimate of drug-likeness (QED) is 0.447. The van der Waals surface area contributed by atoms with Crippen molar-refractivity contribution in [1.29, 1.82) is 0 Å². The van der Waals surface area contributed by atoms with Gasteiger partial charge in [-0.1, -0.05) is 41.9 Å². The van der Waals surface area contributed by atoms with Crippen LogP contribution in [0.1, 0.15) is 27.0 Å². The molecule has 1 heterocycles. The number of fused-ring (bicyclic) bond motifs is 1. The maximum absolute atomic E-state index is 12.7. The third-order valence-electron chi connectivity index (χ3n) is 5.15. The summed E-state index contributed by atoms with van der Waals surface area (Å²) in [6.45, 7) is 0.380. The van der Waals surface area contributed by atoms with Crippen LogP contribution in [0.3, 0.4) is 0 Å². The van der Waals surface area contributed by atoms with Gasteiger partial charge < -0.3 is 10.4 Å². The van der Waals surface area contributed by atoms with Crippen LogP contribution in [-0.4, -0.2) is 16.0 Å². The normalized spacial score (nSPS) is 10.8. The van der Waals surface area contributed by atoms with E-state index < -0.39 is 0 Å². The Labute approximate surface area is 180 Å². The van der Waals surface area contributed by atoms with Crippen molar-refractivity contribution in [2.24, 2.45) is 0 Å². The van der Waals surface area contributed by atoms with Crippen molar-refractivity contribution in [1.82, 2.24) is 10.3 Å². The minimum absolute atomic E-state index is 0.140. The van der Waals surface area contributed by atoms with Crippen molar-refractivity contribution >= 4 is 28.3 Å². The SMILES string of the molecule is O=C(NCc1ccc(O)cc1CCc1ccccc1Cl)c1ccc2cnccc2c1. The van der Waals surface area contributed by atoms with Gasteiger partial charge in [0.25, 0.3) is 5.91 Å². The van der Waals surface area contributed by atoms with Gasteiger partial charge in [-0.3, -0.25) is 9.78 Å². The van der Waals surface area contributed by atoms with Gasteiger partial charge in [0, 0.05) is 34.9 Å². The lowest BCUT2D eigenvalue weighted by Crippen LogP contribution is -2.23. The number of halogens is 1. The second kappa shape index (κ2) is 8.97. The maximum Gasteiger partial charge on any atom is 0.251 e. The average Bonchev–Trinajstić information content (AvgIpc) is 2.77. The van der Waals surface area contributed by atoms with E-state index in [4.69, 9.17) is 11.6 Å². The zero-order valence-corrected chi connectivity index (χ0v) is 17.1. The van der Waals surface area contributed by atoms with Gasteiger partial charge in [0.1, 0.15) is 5.75 Å². The fraction of sp³-hybridized carbons (Fsp3) is 0.120. The Balaban J connectivity index is 1.47. The minimum Gasteiger partial charge on any atom is -0.508 e. The Bertz CT molecular complexity index is 1210. The molecule has 4 nitrogen and oxygen atoms in total. The molecule has 4 aromatic rings. The molecular formula is C25H21ClN2O2. The number of phenols is 1. The van der Waals surface area contributed by atoms with Crippen molar-refractivity contribution in [3.05, 3.63) is 106 Å². The Morgan fingerprint density at radius 1 is 0.900 bits per heavy atom. The van der Waals surface area contributed by atoms with Crippen LogP contribution in [0.2, 0.25) is 5.02 Å². The Morgan fingerprint density at radius 2 is 1.73 bits per heavy atom. The van der Waals surface area contributed by atoms with Crippen LogP contribution in [0.15, 0.2) is 79.1 Å². The first-order chi connectivity index (χ1) is 14.6. The summed E-state index contributed by atoms with van der Waals surface area (Å²) in [5.74, 6) is 0.0706. The monoisotopic (exact) mass is 416 g/mol. The summed E-state index contributed by atoms with van der Waals surface area (Å²) in [5, 5.41) is 15.6. The fourth-order valence-electron chi connectivity index (χ4n) is 3.49. The van der Waals surface area contributed by atoms with Crippen molar-refractivity contribution in [2.45, 2.75) is 19.4 Å². The number of nitrogens with zero attached hydrogens (tertiary/aromatic N) is 1. The van der Waals surface area contributed by atoms with E-state index in [1.807, 2.05) is 48.5 Å². The molecule has 0 bridgehead atoms. The zero-order valence-electron chi connectivity index (χ0n) is 16.3. The largest absolute Gasteiger partial charge is 0.508 e. The lowest BCUT2D eigenvalue weighted by molar-refractivity contribution is 0.0951. The van der Waals surface area contributed by atoms with Crippen LogP contribution in [0.4, 0.5) is 0 Å². The summed E-state index contributed by atoms with van der Waals surface area (Å²) in [5.41, 5.74) is 3.62. The number of carbonyl (C=O) groups excluding carboxylic acids is 1. The summed E-state index contributed by atoms with van der Waals surface area (Å²) in [6, 6.07) is 20.4. The molecular weight excluding hydrogens is 396 g/mol. The highest BCUT2D eigenvalue weighted by Gasteiger charge is 2.10. The lowest BCUT2D eigenvalue weighted by atomic mass is 9.99. The second-order valence-corrected chi connectivity index (χ2v) is 7.57. The molecule has 5 heteroatoms. The van der Waals surface area contributed by atoms with Crippen LogP contribution in [0.5, 0.6) is 5.75 Å². The summed E-state index contributed by atoms with van der Waals surface area (Å²) < 4.78 is 0. The number of aromatic nitrogens is 1. The van der Waals surface area contributed by atoms with Crippen molar-refractivity contribution < 1.29 is 9.90 Å². The highest BCUT2D eigenvalue weighted by molar-refractivity contribution is 6.31. The molecule has 0 fully saturated rings. The molecule has 0 aliphatic rings. The Kier molecular flexibility index (Phi) is 5.96. The molecule has 30 heavy (non-hydrogen) atoms. The number of aromatic hydroxyl groups is 1. The van der Waals surface area contributed by atoms with Crippen molar-refractivity contribution in [3.63, 3.8) is 0 Å². The van der Waals surface area contributed by atoms with E-state index in [9.17, 15) is 9.90 Å². The molecule has 0 spiro atoms. The first kappa shape index (κ1) is 19.9. The average molecular weight is 417 g/mol. The van der Waals surface area contributed by atoms with Gasteiger partial charge in [0.15, 0.2) is 0 Å². The third-order valence-corrected chi connectivity index (χ3v) is 5.52. The second-order valence-electron chi connectivity index (χ2n) is 7.16.